The highest BCUT2D eigenvalue weighted by Crippen LogP contribution is 2.43. The number of nitrogens with one attached hydrogen (secondary N) is 2. The molecular formula is C57H40F4N4O7. The standard InChI is InChI=1S/C57H40F4N4O7/c1-2-24-69-37-14-12-30(13-15-37)57-71-29-38(72-57)28-70-56-54(60)52(58)51(53(59)55(56)61)50-45-22-20-43(64-45)48(32-7-4-10-35(67)26-32)41-18-16-39(62-41)47(31-6-3-9-34(66)25-31)40-17-19-42(63-40)49(44-21-23-46(50)65-44)33-8-5-11-36(68)27-33/h2-23,25-27,38,57,62,65-68H,1,24,28-29H2. The first-order valence-corrected chi connectivity index (χ1v) is 22.7. The van der Waals surface area contributed by atoms with Gasteiger partial charge in [-0.3, -0.25) is 0 Å². The summed E-state index contributed by atoms with van der Waals surface area (Å²) < 4.78 is 89.6. The zero-order valence-corrected chi connectivity index (χ0v) is 37.8. The van der Waals surface area contributed by atoms with Gasteiger partial charge in [-0.2, -0.15) is 8.78 Å². The molecule has 3 aliphatic heterocycles. The molecule has 8 bridgehead atoms. The molecule has 72 heavy (non-hydrogen) atoms. The van der Waals surface area contributed by atoms with Gasteiger partial charge < -0.3 is 44.2 Å². The number of aromatic nitrogens is 4. The van der Waals surface area contributed by atoms with Crippen LogP contribution in [0.4, 0.5) is 17.6 Å². The second-order valence-electron chi connectivity index (χ2n) is 17.0. The summed E-state index contributed by atoms with van der Waals surface area (Å²) in [5, 5.41) is 32.1. The molecule has 1 saturated heterocycles. The van der Waals surface area contributed by atoms with E-state index < -0.39 is 53.6 Å². The van der Waals surface area contributed by atoms with Crippen LogP contribution in [0.1, 0.15) is 34.6 Å². The monoisotopic (exact) mass is 968 g/mol. The van der Waals surface area contributed by atoms with Crippen molar-refractivity contribution in [1.29, 1.82) is 0 Å². The van der Waals surface area contributed by atoms with Crippen LogP contribution in [0, 0.1) is 23.3 Å². The fourth-order valence-corrected chi connectivity index (χ4v) is 9.08. The van der Waals surface area contributed by atoms with Crippen molar-refractivity contribution in [2.24, 2.45) is 0 Å². The second-order valence-corrected chi connectivity index (χ2v) is 17.0. The predicted octanol–water partition coefficient (Wildman–Crippen LogP) is 13.1. The number of H-pyrrole nitrogens is 2. The highest BCUT2D eigenvalue weighted by molar-refractivity contribution is 6.00. The molecule has 358 valence electrons. The summed E-state index contributed by atoms with van der Waals surface area (Å²) in [5.74, 6) is -7.88. The van der Waals surface area contributed by atoms with Crippen molar-refractivity contribution < 1.29 is 51.8 Å². The molecule has 0 saturated carbocycles. The largest absolute Gasteiger partial charge is 0.508 e. The average Bonchev–Trinajstić information content (AvgIpc) is 4.26. The first-order chi connectivity index (χ1) is 35.0. The number of aromatic hydroxyl groups is 3. The maximum absolute atomic E-state index is 17.0. The van der Waals surface area contributed by atoms with Crippen LogP contribution in [0.5, 0.6) is 28.7 Å². The predicted molar refractivity (Wildman–Crippen MR) is 267 cm³/mol. The van der Waals surface area contributed by atoms with E-state index in [-0.39, 0.29) is 46.3 Å². The van der Waals surface area contributed by atoms with E-state index in [4.69, 9.17) is 28.9 Å². The zero-order valence-electron chi connectivity index (χ0n) is 37.8. The van der Waals surface area contributed by atoms with Gasteiger partial charge in [0.2, 0.25) is 11.6 Å². The average molecular weight is 969 g/mol. The molecule has 15 heteroatoms. The Balaban J connectivity index is 1.11. The summed E-state index contributed by atoms with van der Waals surface area (Å²) in [6.07, 6.45) is 6.53. The molecule has 11 nitrogen and oxygen atoms in total. The molecular weight excluding hydrogens is 929 g/mol. The van der Waals surface area contributed by atoms with Gasteiger partial charge in [-0.1, -0.05) is 61.2 Å². The van der Waals surface area contributed by atoms with Gasteiger partial charge in [-0.25, -0.2) is 18.7 Å². The Morgan fingerprint density at radius 1 is 0.556 bits per heavy atom. The van der Waals surface area contributed by atoms with Crippen LogP contribution in [-0.4, -0.2) is 61.2 Å². The molecule has 5 aromatic carbocycles. The second kappa shape index (κ2) is 18.8. The third-order valence-corrected chi connectivity index (χ3v) is 12.3. The molecule has 3 aliphatic rings. The minimum atomic E-state index is -1.79. The van der Waals surface area contributed by atoms with E-state index in [0.29, 0.717) is 79.2 Å². The molecule has 0 spiro atoms. The molecule has 0 amide bonds. The lowest BCUT2D eigenvalue weighted by Gasteiger charge is -2.16. The number of halogens is 4. The number of nitrogens with zero attached hydrogens (tertiary/aromatic N) is 2. The van der Waals surface area contributed by atoms with Gasteiger partial charge in [0.15, 0.2) is 23.7 Å². The Bertz CT molecular complexity index is 3650. The van der Waals surface area contributed by atoms with E-state index in [2.05, 4.69) is 16.5 Å². The van der Waals surface area contributed by atoms with E-state index in [1.54, 1.807) is 103 Å². The van der Waals surface area contributed by atoms with Crippen molar-refractivity contribution >= 4 is 46.4 Å². The molecule has 0 aliphatic carbocycles. The highest BCUT2D eigenvalue weighted by atomic mass is 19.2. The van der Waals surface area contributed by atoms with Crippen LogP contribution in [0.3, 0.4) is 0 Å². The van der Waals surface area contributed by atoms with E-state index >= 15 is 17.6 Å². The number of hydrogen-bond donors (Lipinski definition) is 5. The smallest absolute Gasteiger partial charge is 0.204 e. The SMILES string of the molecule is C=CCOc1ccc(C2OCC(COc3c(F)c(F)c(-c4c5nc(c(-c6cccc(O)c6)c6ccc([nH]6)c(-c6cccc(O)c6)c6nc(c(-c7cccc(O)c7)c7ccc4[nH]7)C=C6)C=C5)c(F)c3F)O2)cc1. The quantitative estimate of drug-likeness (QED) is 0.0484. The third-order valence-electron chi connectivity index (χ3n) is 12.3. The van der Waals surface area contributed by atoms with Gasteiger partial charge >= 0.3 is 0 Å². The van der Waals surface area contributed by atoms with Crippen molar-refractivity contribution in [3.8, 4) is 73.3 Å². The van der Waals surface area contributed by atoms with Gasteiger partial charge in [-0.15, -0.1) is 0 Å². The van der Waals surface area contributed by atoms with Crippen molar-refractivity contribution in [1.82, 2.24) is 19.9 Å². The van der Waals surface area contributed by atoms with Crippen LogP contribution in [-0.2, 0) is 9.47 Å². The number of benzene rings is 5. The van der Waals surface area contributed by atoms with Crippen LogP contribution in [0.15, 0.2) is 134 Å². The van der Waals surface area contributed by atoms with Gasteiger partial charge in [0.25, 0.3) is 0 Å². The summed E-state index contributed by atoms with van der Waals surface area (Å²) in [6.45, 7) is 3.39. The molecule has 3 aromatic heterocycles. The minimum absolute atomic E-state index is 0.00682. The molecule has 8 aromatic rings. The number of phenols is 3. The Morgan fingerprint density at radius 3 is 1.44 bits per heavy atom. The lowest BCUT2D eigenvalue weighted by molar-refractivity contribution is -0.0662. The summed E-state index contributed by atoms with van der Waals surface area (Å²) in [6, 6.07) is 33.2. The minimum Gasteiger partial charge on any atom is -0.508 e. The topological polar surface area (TPSA) is 155 Å². The highest BCUT2D eigenvalue weighted by Gasteiger charge is 2.33. The molecule has 1 fully saturated rings. The molecule has 2 atom stereocenters. The van der Waals surface area contributed by atoms with E-state index in [1.807, 2.05) is 12.1 Å². The number of aromatic amines is 2. The van der Waals surface area contributed by atoms with Gasteiger partial charge in [-0.05, 0) is 114 Å². The summed E-state index contributed by atoms with van der Waals surface area (Å²) in [7, 11) is 0. The molecule has 5 N–H and O–H groups in total. The Hall–Kier alpha value is -8.92. The fraction of sp³-hybridized carbons (Fsp3) is 0.0877. The lowest BCUT2D eigenvalue weighted by Crippen LogP contribution is -2.21. The molecule has 2 unspecified atom stereocenters. The number of hydrogen-bond acceptors (Lipinski definition) is 9. The maximum atomic E-state index is 17.0. The van der Waals surface area contributed by atoms with E-state index in [0.717, 1.165) is 0 Å². The first-order valence-electron chi connectivity index (χ1n) is 22.7. The third kappa shape index (κ3) is 8.50. The summed E-state index contributed by atoms with van der Waals surface area (Å²) in [5.41, 5.74) is 4.88. The number of phenolic OH excluding ortho intramolecular Hbond substituents is 3. The van der Waals surface area contributed by atoms with Crippen LogP contribution in [0.25, 0.3) is 90.9 Å². The van der Waals surface area contributed by atoms with E-state index in [1.165, 1.54) is 36.4 Å². The normalized spacial score (nSPS) is 15.0. The van der Waals surface area contributed by atoms with Crippen molar-refractivity contribution in [3.63, 3.8) is 0 Å². The van der Waals surface area contributed by atoms with Gasteiger partial charge in [0.1, 0.15) is 42.3 Å². The number of rotatable bonds is 11. The molecule has 6 heterocycles. The van der Waals surface area contributed by atoms with Crippen molar-refractivity contribution in [2.45, 2.75) is 12.4 Å². The molecule has 11 rings (SSSR count). The van der Waals surface area contributed by atoms with Gasteiger partial charge in [0, 0.05) is 49.9 Å². The van der Waals surface area contributed by atoms with E-state index in [9.17, 15) is 15.3 Å². The maximum Gasteiger partial charge on any atom is 0.204 e. The van der Waals surface area contributed by atoms with Crippen LogP contribution < -0.4 is 9.47 Å². The van der Waals surface area contributed by atoms with Gasteiger partial charge in [0.05, 0.1) is 34.9 Å². The lowest BCUT2D eigenvalue weighted by atomic mass is 10.0. The summed E-state index contributed by atoms with van der Waals surface area (Å²) >= 11 is 0. The van der Waals surface area contributed by atoms with Crippen LogP contribution in [0.2, 0.25) is 0 Å². The Morgan fingerprint density at radius 2 is 1.00 bits per heavy atom. The number of ether oxygens (including phenoxy) is 4. The first kappa shape index (κ1) is 45.5. The number of fused-ring (bicyclic) bond motifs is 8. The zero-order chi connectivity index (χ0) is 49.6. The molecule has 0 radical (unpaired) electrons. The van der Waals surface area contributed by atoms with Crippen LogP contribution >= 0.6 is 0 Å². The Labute approximate surface area is 407 Å². The summed E-state index contributed by atoms with van der Waals surface area (Å²) in [4.78, 5) is 16.7. The van der Waals surface area contributed by atoms with Crippen molar-refractivity contribution in [3.05, 3.63) is 186 Å². The van der Waals surface area contributed by atoms with Crippen molar-refractivity contribution in [2.75, 3.05) is 19.8 Å². The Kier molecular flexibility index (Phi) is 11.9. The fourth-order valence-electron chi connectivity index (χ4n) is 9.08.